The van der Waals surface area contributed by atoms with Gasteiger partial charge in [0.15, 0.2) is 0 Å². The van der Waals surface area contributed by atoms with Crippen LogP contribution in [-0.4, -0.2) is 20.8 Å². The zero-order valence-corrected chi connectivity index (χ0v) is 8.48. The van der Waals surface area contributed by atoms with E-state index in [0.29, 0.717) is 0 Å². The van der Waals surface area contributed by atoms with Crippen LogP contribution in [0.2, 0.25) is 0 Å². The maximum absolute atomic E-state index is 9.35. The summed E-state index contributed by atoms with van der Waals surface area (Å²) in [5, 5.41) is 9.35. The van der Waals surface area contributed by atoms with E-state index in [1.807, 2.05) is 18.5 Å². The molecule has 0 aromatic carbocycles. The predicted octanol–water partition coefficient (Wildman–Crippen LogP) is 1.53. The molecule has 1 unspecified atom stereocenters. The summed E-state index contributed by atoms with van der Waals surface area (Å²) in [5.74, 6) is 1.10. The maximum atomic E-state index is 9.35. The van der Waals surface area contributed by atoms with Gasteiger partial charge in [-0.3, -0.25) is 0 Å². The Morgan fingerprint density at radius 3 is 3.14 bits per heavy atom. The quantitative estimate of drug-likeness (QED) is 0.737. The molecule has 3 heteroatoms. The highest BCUT2D eigenvalue weighted by Gasteiger charge is 2.14. The molecule has 14 heavy (non-hydrogen) atoms. The van der Waals surface area contributed by atoms with Crippen LogP contribution in [0.15, 0.2) is 24.0 Å². The number of rotatable bonds is 3. The second-order valence-electron chi connectivity index (χ2n) is 3.74. The Kier molecular flexibility index (Phi) is 2.68. The van der Waals surface area contributed by atoms with Crippen molar-refractivity contribution in [3.05, 3.63) is 29.9 Å². The number of hydrogen-bond acceptors (Lipinski definition) is 2. The van der Waals surface area contributed by atoms with Crippen molar-refractivity contribution in [1.82, 2.24) is 9.55 Å². The average molecular weight is 192 g/mol. The number of aryl methyl sites for hydroxylation is 1. The molecule has 3 nitrogen and oxygen atoms in total. The highest BCUT2D eigenvalue weighted by atomic mass is 16.3. The summed E-state index contributed by atoms with van der Waals surface area (Å²) in [7, 11) is 0. The molecular formula is C11H16N2O. The van der Waals surface area contributed by atoms with Crippen LogP contribution in [0.1, 0.15) is 25.6 Å². The number of hydrogen-bond donors (Lipinski definition) is 1. The van der Waals surface area contributed by atoms with E-state index in [4.69, 9.17) is 0 Å². The molecule has 0 fully saturated rings. The normalized spacial score (nSPS) is 21.3. The number of aromatic nitrogens is 2. The van der Waals surface area contributed by atoms with Crippen LogP contribution in [0, 0.1) is 0 Å². The van der Waals surface area contributed by atoms with Crippen molar-refractivity contribution in [2.75, 3.05) is 0 Å². The number of imidazole rings is 1. The molecule has 1 aliphatic carbocycles. The third-order valence-electron chi connectivity index (χ3n) is 2.72. The first-order chi connectivity index (χ1) is 6.79. The summed E-state index contributed by atoms with van der Waals surface area (Å²) in [6, 6.07) is 0. The minimum absolute atomic E-state index is 0.227. The topological polar surface area (TPSA) is 38.0 Å². The predicted molar refractivity (Wildman–Crippen MR) is 54.9 cm³/mol. The molecule has 1 atom stereocenters. The Balaban J connectivity index is 2.07. The van der Waals surface area contributed by atoms with Crippen molar-refractivity contribution < 1.29 is 5.11 Å². The van der Waals surface area contributed by atoms with Gasteiger partial charge in [-0.2, -0.15) is 0 Å². The summed E-state index contributed by atoms with van der Waals surface area (Å²) >= 11 is 0. The Hall–Kier alpha value is -1.09. The molecule has 1 aliphatic rings. The van der Waals surface area contributed by atoms with Crippen LogP contribution in [0.5, 0.6) is 0 Å². The van der Waals surface area contributed by atoms with Gasteiger partial charge in [-0.15, -0.1) is 0 Å². The Labute approximate surface area is 84.1 Å². The molecule has 0 amide bonds. The summed E-state index contributed by atoms with van der Waals surface area (Å²) in [6.07, 6.45) is 8.36. The third kappa shape index (κ3) is 1.87. The second kappa shape index (κ2) is 3.96. The van der Waals surface area contributed by atoms with Crippen LogP contribution >= 0.6 is 0 Å². The first kappa shape index (κ1) is 9.46. The fourth-order valence-corrected chi connectivity index (χ4v) is 1.92. The third-order valence-corrected chi connectivity index (χ3v) is 2.72. The molecule has 1 heterocycles. The van der Waals surface area contributed by atoms with E-state index in [1.165, 1.54) is 5.57 Å². The summed E-state index contributed by atoms with van der Waals surface area (Å²) < 4.78 is 2.14. The van der Waals surface area contributed by atoms with Gasteiger partial charge in [0.05, 0.1) is 6.10 Å². The van der Waals surface area contributed by atoms with Gasteiger partial charge in [0.25, 0.3) is 0 Å². The smallest absolute Gasteiger partial charge is 0.112 e. The van der Waals surface area contributed by atoms with Crippen LogP contribution in [0.3, 0.4) is 0 Å². The number of nitrogens with zero attached hydrogens (tertiary/aromatic N) is 2. The zero-order valence-electron chi connectivity index (χ0n) is 8.48. The van der Waals surface area contributed by atoms with Gasteiger partial charge >= 0.3 is 0 Å². The molecular weight excluding hydrogens is 176 g/mol. The van der Waals surface area contributed by atoms with E-state index in [2.05, 4.69) is 16.5 Å². The van der Waals surface area contributed by atoms with Crippen LogP contribution < -0.4 is 0 Å². The van der Waals surface area contributed by atoms with Crippen LogP contribution in [0.25, 0.3) is 0 Å². The minimum atomic E-state index is -0.227. The van der Waals surface area contributed by atoms with Gasteiger partial charge in [-0.1, -0.05) is 11.6 Å². The molecule has 0 spiro atoms. The lowest BCUT2D eigenvalue weighted by Crippen LogP contribution is -2.01. The van der Waals surface area contributed by atoms with Gasteiger partial charge in [0.2, 0.25) is 0 Å². The van der Waals surface area contributed by atoms with Crippen molar-refractivity contribution in [2.24, 2.45) is 0 Å². The highest BCUT2D eigenvalue weighted by Crippen LogP contribution is 2.21. The number of aliphatic hydroxyl groups excluding tert-OH is 1. The molecule has 2 rings (SSSR count). The van der Waals surface area contributed by atoms with E-state index < -0.39 is 0 Å². The fourth-order valence-electron chi connectivity index (χ4n) is 1.92. The highest BCUT2D eigenvalue weighted by molar-refractivity contribution is 5.17. The first-order valence-corrected chi connectivity index (χ1v) is 5.17. The summed E-state index contributed by atoms with van der Waals surface area (Å²) in [6.45, 7) is 3.08. The lowest BCUT2D eigenvalue weighted by Gasteiger charge is -2.04. The molecule has 1 N–H and O–H groups in total. The first-order valence-electron chi connectivity index (χ1n) is 5.17. The molecule has 0 aliphatic heterocycles. The van der Waals surface area contributed by atoms with Gasteiger partial charge in [-0.05, 0) is 19.8 Å². The fraction of sp³-hybridized carbons (Fsp3) is 0.545. The molecule has 0 saturated heterocycles. The number of aliphatic hydroxyl groups is 1. The standard InChI is InChI=1S/C11H16N2O/c1-2-13-6-5-12-11(13)8-9-3-4-10(14)7-9/h5-7,10,14H,2-4,8H2,1H3. The minimum Gasteiger partial charge on any atom is -0.389 e. The van der Waals surface area contributed by atoms with Crippen LogP contribution in [-0.2, 0) is 13.0 Å². The largest absolute Gasteiger partial charge is 0.389 e. The molecule has 1 aromatic heterocycles. The van der Waals surface area contributed by atoms with Gasteiger partial charge in [0, 0.05) is 25.4 Å². The number of allylic oxidation sites excluding steroid dienone is 1. The van der Waals surface area contributed by atoms with E-state index in [9.17, 15) is 5.11 Å². The SMILES string of the molecule is CCn1ccnc1CC1=CC(O)CC1. The van der Waals surface area contributed by atoms with E-state index in [0.717, 1.165) is 31.6 Å². The van der Waals surface area contributed by atoms with E-state index >= 15 is 0 Å². The Morgan fingerprint density at radius 2 is 2.50 bits per heavy atom. The monoisotopic (exact) mass is 192 g/mol. The summed E-state index contributed by atoms with van der Waals surface area (Å²) in [4.78, 5) is 4.32. The molecule has 0 bridgehead atoms. The van der Waals surface area contributed by atoms with Crippen molar-refractivity contribution in [3.63, 3.8) is 0 Å². The lowest BCUT2D eigenvalue weighted by atomic mass is 10.1. The average Bonchev–Trinajstić information content (AvgIpc) is 2.76. The van der Waals surface area contributed by atoms with Crippen LogP contribution in [0.4, 0.5) is 0 Å². The van der Waals surface area contributed by atoms with Crippen molar-refractivity contribution >= 4 is 0 Å². The molecule has 0 saturated carbocycles. The van der Waals surface area contributed by atoms with Crippen molar-refractivity contribution in [3.8, 4) is 0 Å². The van der Waals surface area contributed by atoms with E-state index in [-0.39, 0.29) is 6.10 Å². The lowest BCUT2D eigenvalue weighted by molar-refractivity contribution is 0.223. The van der Waals surface area contributed by atoms with Gasteiger partial charge in [0.1, 0.15) is 5.82 Å². The molecule has 76 valence electrons. The zero-order chi connectivity index (χ0) is 9.97. The molecule has 1 aromatic rings. The van der Waals surface area contributed by atoms with Gasteiger partial charge in [-0.25, -0.2) is 4.98 Å². The maximum Gasteiger partial charge on any atom is 0.112 e. The Bertz CT molecular complexity index is 341. The Morgan fingerprint density at radius 1 is 1.64 bits per heavy atom. The second-order valence-corrected chi connectivity index (χ2v) is 3.74. The summed E-state index contributed by atoms with van der Waals surface area (Å²) in [5.41, 5.74) is 1.32. The van der Waals surface area contributed by atoms with Crippen molar-refractivity contribution in [1.29, 1.82) is 0 Å². The van der Waals surface area contributed by atoms with E-state index in [1.54, 1.807) is 0 Å². The van der Waals surface area contributed by atoms with Gasteiger partial charge < -0.3 is 9.67 Å². The molecule has 0 radical (unpaired) electrons. The van der Waals surface area contributed by atoms with Crippen molar-refractivity contribution in [2.45, 2.75) is 38.8 Å².